The van der Waals surface area contributed by atoms with E-state index in [0.717, 1.165) is 24.0 Å². The van der Waals surface area contributed by atoms with Crippen LogP contribution in [0.5, 0.6) is 0 Å². The van der Waals surface area contributed by atoms with Crippen molar-refractivity contribution in [1.82, 2.24) is 4.90 Å². The number of fused-ring (bicyclic) bond motifs is 2. The van der Waals surface area contributed by atoms with E-state index in [1.165, 1.54) is 17.7 Å². The molecule has 10 nitrogen and oxygen atoms in total. The molecule has 0 aromatic heterocycles. The molecule has 2 aromatic rings. The van der Waals surface area contributed by atoms with Gasteiger partial charge in [0.25, 0.3) is 11.6 Å². The second-order valence-electron chi connectivity index (χ2n) is 13.3. The Morgan fingerprint density at radius 1 is 1.15 bits per heavy atom. The number of nitrogens with zero attached hydrogens (tertiary/aromatic N) is 3. The Kier molecular flexibility index (Phi) is 11.0. The number of rotatable bonds is 13. The number of carbonyl (C=O) groups excluding carboxylic acids is 2. The summed E-state index contributed by atoms with van der Waals surface area (Å²) in [6.45, 7) is 12.0. The van der Waals surface area contributed by atoms with E-state index >= 15 is 0 Å². The van der Waals surface area contributed by atoms with Crippen molar-refractivity contribution in [2.24, 2.45) is 5.92 Å². The number of nitro benzene ring substituents is 1. The van der Waals surface area contributed by atoms with Crippen LogP contribution in [0.4, 0.5) is 11.4 Å². The number of allylic oxidation sites excluding steroid dienone is 3. The molecule has 1 saturated heterocycles. The molecule has 2 N–H and O–H groups in total. The minimum atomic E-state index is -3.07. The molecule has 4 atom stereocenters. The number of aliphatic hydroxyl groups is 1. The lowest BCUT2D eigenvalue weighted by Crippen LogP contribution is -2.46. The number of hydrogen-bond donors (Lipinski definition) is 2. The lowest BCUT2D eigenvalue weighted by Gasteiger charge is -2.32. The monoisotopic (exact) mass is 649 g/mol. The van der Waals surface area contributed by atoms with Crippen molar-refractivity contribution < 1.29 is 29.2 Å². The van der Waals surface area contributed by atoms with Gasteiger partial charge in [0.15, 0.2) is 13.9 Å². The first-order valence-corrected chi connectivity index (χ1v) is 19.0. The molecule has 248 valence electrons. The summed E-state index contributed by atoms with van der Waals surface area (Å²) in [7, 11) is -3.07. The predicted molar refractivity (Wildman–Crippen MR) is 181 cm³/mol. The summed E-state index contributed by atoms with van der Waals surface area (Å²) in [5, 5.41) is 21.6. The zero-order chi connectivity index (χ0) is 33.8. The van der Waals surface area contributed by atoms with Crippen LogP contribution in [0.25, 0.3) is 0 Å². The van der Waals surface area contributed by atoms with E-state index in [4.69, 9.17) is 4.74 Å². The largest absolute Gasteiger partial charge is 0.432 e. The van der Waals surface area contributed by atoms with Crippen molar-refractivity contribution in [3.8, 4) is 0 Å². The maximum absolute atomic E-state index is 14.6. The quantitative estimate of drug-likeness (QED) is 0.121. The first-order chi connectivity index (χ1) is 21.7. The van der Waals surface area contributed by atoms with Crippen molar-refractivity contribution >= 4 is 31.5 Å². The van der Waals surface area contributed by atoms with Gasteiger partial charge in [-0.3, -0.25) is 19.7 Å². The van der Waals surface area contributed by atoms with Gasteiger partial charge in [0.2, 0.25) is 5.91 Å². The van der Waals surface area contributed by atoms with Gasteiger partial charge in [-0.25, -0.2) is 0 Å². The van der Waals surface area contributed by atoms with Gasteiger partial charge >= 0.3 is 0 Å². The fourth-order valence-corrected chi connectivity index (χ4v) is 9.57. The summed E-state index contributed by atoms with van der Waals surface area (Å²) in [5.41, 5.74) is 1.89. The van der Waals surface area contributed by atoms with Crippen molar-refractivity contribution in [2.45, 2.75) is 83.8 Å². The molecule has 2 aliphatic heterocycles. The molecule has 0 aliphatic carbocycles. The number of hydrogen-bond acceptors (Lipinski definition) is 7. The first-order valence-electron chi connectivity index (χ1n) is 15.9. The van der Waals surface area contributed by atoms with Crippen molar-refractivity contribution in [2.75, 3.05) is 24.6 Å². The maximum Gasteiger partial charge on any atom is 0.269 e. The topological polar surface area (TPSA) is 133 Å². The van der Waals surface area contributed by atoms with Crippen LogP contribution >= 0.6 is 0 Å². The number of non-ortho nitro benzene ring substituents is 1. The Labute approximate surface area is 272 Å². The highest BCUT2D eigenvalue weighted by atomic mass is 28.4. The first kappa shape index (κ1) is 35.2. The summed E-state index contributed by atoms with van der Waals surface area (Å²) >= 11 is 0. The highest BCUT2D eigenvalue weighted by Gasteiger charge is 2.66. The van der Waals surface area contributed by atoms with Crippen LogP contribution in [-0.2, 0) is 26.5 Å². The highest BCUT2D eigenvalue weighted by Crippen LogP contribution is 2.60. The van der Waals surface area contributed by atoms with Gasteiger partial charge in [0, 0.05) is 48.8 Å². The summed E-state index contributed by atoms with van der Waals surface area (Å²) < 4.78 is 6.73. The third kappa shape index (κ3) is 7.33. The number of nitro groups is 1. The van der Waals surface area contributed by atoms with Crippen LogP contribution in [0.3, 0.4) is 0 Å². The van der Waals surface area contributed by atoms with E-state index < -0.39 is 36.4 Å². The van der Waals surface area contributed by atoms with Crippen LogP contribution in [-0.4, -0.2) is 65.7 Å². The molecule has 2 amide bonds. The van der Waals surface area contributed by atoms with E-state index in [-0.39, 0.29) is 43.6 Å². The molecule has 2 heterocycles. The fraction of sp³-hybridized carbons (Fsp3) is 0.486. The van der Waals surface area contributed by atoms with Crippen LogP contribution in [0.1, 0.15) is 58.1 Å². The van der Waals surface area contributed by atoms with Gasteiger partial charge in [0.05, 0.1) is 29.7 Å². The van der Waals surface area contributed by atoms with Gasteiger partial charge < -0.3 is 24.4 Å². The van der Waals surface area contributed by atoms with Gasteiger partial charge in [-0.2, -0.15) is 0 Å². The normalized spacial score (nSPS) is 22.7. The van der Waals surface area contributed by atoms with Crippen LogP contribution < -0.4 is 4.90 Å². The van der Waals surface area contributed by atoms with Crippen molar-refractivity contribution in [3.05, 3.63) is 93.1 Å². The molecule has 1 fully saturated rings. The summed E-state index contributed by atoms with van der Waals surface area (Å²) in [4.78, 5) is 54.5. The van der Waals surface area contributed by atoms with Gasteiger partial charge in [-0.15, -0.1) is 0 Å². The zero-order valence-electron chi connectivity index (χ0n) is 27.7. The van der Waals surface area contributed by atoms with E-state index in [9.17, 15) is 29.6 Å². The standard InChI is InChI=1S/C35H47N3O7Si/c1-24(2)11-10-12-25(3)17-18-37-30-16-15-28(38(42)43)21-29(30)35(34(37)41)26(4)33(46(5,6)44)31(45-35)22-32(40)36(19-20-39)23-27-13-8-7-9-14-27/h7-9,11,13-17,21,26,31,33,39,44H,10,12,18-20,22-23H2,1-6H3/b25-17+/t26-,31+,33-,35+/m0/s1. The predicted octanol–water partition coefficient (Wildman–Crippen LogP) is 5.84. The molecule has 2 aliphatic rings. The summed E-state index contributed by atoms with van der Waals surface area (Å²) in [6.07, 6.45) is 4.96. The average molecular weight is 650 g/mol. The third-order valence-electron chi connectivity index (χ3n) is 9.21. The molecule has 0 unspecified atom stereocenters. The van der Waals surface area contributed by atoms with Crippen molar-refractivity contribution in [3.63, 3.8) is 0 Å². The van der Waals surface area contributed by atoms with Crippen LogP contribution in [0, 0.1) is 16.0 Å². The fourth-order valence-electron chi connectivity index (χ4n) is 7.02. The van der Waals surface area contributed by atoms with Gasteiger partial charge in [-0.1, -0.05) is 60.6 Å². The van der Waals surface area contributed by atoms with Gasteiger partial charge in [0.1, 0.15) is 0 Å². The van der Waals surface area contributed by atoms with Gasteiger partial charge in [-0.05, 0) is 58.3 Å². The summed E-state index contributed by atoms with van der Waals surface area (Å²) in [5.74, 6) is -1.19. The molecule has 2 aromatic carbocycles. The Balaban J connectivity index is 1.71. The van der Waals surface area contributed by atoms with E-state index in [1.807, 2.05) is 50.3 Å². The lowest BCUT2D eigenvalue weighted by atomic mass is 9.82. The number of benzene rings is 2. The average Bonchev–Trinajstić information content (AvgIpc) is 3.41. The molecule has 0 bridgehead atoms. The number of aliphatic hydroxyl groups excluding tert-OH is 1. The number of ether oxygens (including phenoxy) is 1. The molecule has 46 heavy (non-hydrogen) atoms. The van der Waals surface area contributed by atoms with E-state index in [2.05, 4.69) is 19.9 Å². The molecule has 11 heteroatoms. The maximum atomic E-state index is 14.6. The minimum absolute atomic E-state index is 0.110. The molecule has 0 radical (unpaired) electrons. The second-order valence-corrected chi connectivity index (χ2v) is 17.3. The smallest absolute Gasteiger partial charge is 0.269 e. The van der Waals surface area contributed by atoms with Crippen LogP contribution in [0.15, 0.2) is 71.8 Å². The molecular weight excluding hydrogens is 602 g/mol. The van der Waals surface area contributed by atoms with Crippen molar-refractivity contribution in [1.29, 1.82) is 0 Å². The molecular formula is C35H47N3O7Si. The molecule has 0 saturated carbocycles. The number of amides is 2. The number of anilines is 1. The zero-order valence-corrected chi connectivity index (χ0v) is 28.7. The lowest BCUT2D eigenvalue weighted by molar-refractivity contribution is -0.385. The Morgan fingerprint density at radius 3 is 2.46 bits per heavy atom. The third-order valence-corrected chi connectivity index (χ3v) is 11.7. The van der Waals surface area contributed by atoms with Crippen LogP contribution in [0.2, 0.25) is 18.6 Å². The Morgan fingerprint density at radius 2 is 1.85 bits per heavy atom. The van der Waals surface area contributed by atoms with E-state index in [1.54, 1.807) is 29.0 Å². The summed E-state index contributed by atoms with van der Waals surface area (Å²) in [6, 6.07) is 13.9. The number of carbonyl (C=O) groups is 2. The Bertz CT molecular complexity index is 1500. The Hall–Kier alpha value is -3.64. The highest BCUT2D eigenvalue weighted by molar-refractivity contribution is 6.71. The second kappa shape index (κ2) is 14.4. The van der Waals surface area contributed by atoms with E-state index in [0.29, 0.717) is 17.8 Å². The SMILES string of the molecule is CC(C)=CCC/C(C)=C/CN1C(=O)[C@]2(O[C@H](CC(=O)N(CCO)Cc3ccccc3)[C@@H]([Si](C)(C)O)[C@@H]2C)c2cc([N+](=O)[O-])ccc21. The molecule has 4 rings (SSSR count). The minimum Gasteiger partial charge on any atom is -0.432 e. The molecule has 1 spiro atoms.